The number of rotatable bonds is 3. The molecule has 8 heteroatoms. The molecular formula is C13H15BrF2N2O2S. The molecule has 0 atom stereocenters. The third-order valence-corrected chi connectivity index (χ3v) is 6.76. The molecule has 1 aromatic carbocycles. The van der Waals surface area contributed by atoms with Crippen LogP contribution in [0.5, 0.6) is 0 Å². The van der Waals surface area contributed by atoms with Crippen LogP contribution in [0.3, 0.4) is 0 Å². The van der Waals surface area contributed by atoms with Crippen LogP contribution in [0.1, 0.15) is 12.8 Å². The Kier molecular flexibility index (Phi) is 4.06. The summed E-state index contributed by atoms with van der Waals surface area (Å²) in [4.78, 5) is 1.78. The first-order chi connectivity index (χ1) is 9.89. The Hall–Kier alpha value is -0.570. The van der Waals surface area contributed by atoms with Crippen LogP contribution in [0, 0.1) is 11.6 Å². The Morgan fingerprint density at radius 3 is 2.24 bits per heavy atom. The molecule has 1 aromatic rings. The van der Waals surface area contributed by atoms with Gasteiger partial charge in [-0.3, -0.25) is 4.90 Å². The summed E-state index contributed by atoms with van der Waals surface area (Å²) < 4.78 is 53.3. The molecule has 4 nitrogen and oxygen atoms in total. The van der Waals surface area contributed by atoms with Crippen molar-refractivity contribution in [3.05, 3.63) is 28.2 Å². The lowest BCUT2D eigenvalue weighted by Gasteiger charge is -2.34. The van der Waals surface area contributed by atoms with Gasteiger partial charge in [-0.25, -0.2) is 17.2 Å². The van der Waals surface area contributed by atoms with Gasteiger partial charge in [-0.15, -0.1) is 0 Å². The second-order valence-electron chi connectivity index (χ2n) is 5.37. The monoisotopic (exact) mass is 380 g/mol. The molecule has 0 bridgehead atoms. The third-order valence-electron chi connectivity index (χ3n) is 3.90. The van der Waals surface area contributed by atoms with Gasteiger partial charge in [0.25, 0.3) is 0 Å². The molecule has 0 radical (unpaired) electrons. The lowest BCUT2D eigenvalue weighted by Crippen LogP contribution is -2.49. The molecule has 21 heavy (non-hydrogen) atoms. The van der Waals surface area contributed by atoms with Gasteiger partial charge in [0.15, 0.2) is 0 Å². The number of piperazine rings is 1. The van der Waals surface area contributed by atoms with E-state index in [0.717, 1.165) is 6.07 Å². The van der Waals surface area contributed by atoms with Crippen molar-refractivity contribution in [2.45, 2.75) is 23.8 Å². The minimum Gasteiger partial charge on any atom is -0.298 e. The van der Waals surface area contributed by atoms with Crippen molar-refractivity contribution in [1.29, 1.82) is 0 Å². The zero-order chi connectivity index (χ0) is 15.2. The van der Waals surface area contributed by atoms with Gasteiger partial charge in [0, 0.05) is 42.8 Å². The number of nitrogens with zero attached hydrogens (tertiary/aromatic N) is 2. The van der Waals surface area contributed by atoms with E-state index in [2.05, 4.69) is 20.8 Å². The Balaban J connectivity index is 1.84. The van der Waals surface area contributed by atoms with Crippen molar-refractivity contribution in [3.8, 4) is 0 Å². The highest BCUT2D eigenvalue weighted by Gasteiger charge is 2.36. The lowest BCUT2D eigenvalue weighted by molar-refractivity contribution is 0.180. The first-order valence-corrected chi connectivity index (χ1v) is 9.01. The van der Waals surface area contributed by atoms with Crippen LogP contribution < -0.4 is 0 Å². The van der Waals surface area contributed by atoms with Gasteiger partial charge in [-0.1, -0.05) is 0 Å². The van der Waals surface area contributed by atoms with Crippen LogP contribution in [-0.2, 0) is 10.0 Å². The summed E-state index contributed by atoms with van der Waals surface area (Å²) in [6.45, 7) is 1.98. The van der Waals surface area contributed by atoms with Crippen molar-refractivity contribution in [1.82, 2.24) is 9.21 Å². The van der Waals surface area contributed by atoms with E-state index in [4.69, 9.17) is 0 Å². The van der Waals surface area contributed by atoms with Gasteiger partial charge in [-0.05, 0) is 34.8 Å². The van der Waals surface area contributed by atoms with Crippen molar-refractivity contribution < 1.29 is 17.2 Å². The van der Waals surface area contributed by atoms with E-state index in [1.54, 1.807) is 0 Å². The van der Waals surface area contributed by atoms with Crippen LogP contribution in [-0.4, -0.2) is 49.8 Å². The molecular weight excluding hydrogens is 366 g/mol. The number of hydrogen-bond acceptors (Lipinski definition) is 3. The molecule has 0 amide bonds. The first-order valence-electron chi connectivity index (χ1n) is 6.78. The molecule has 0 unspecified atom stereocenters. The predicted molar refractivity (Wildman–Crippen MR) is 77.4 cm³/mol. The molecule has 0 spiro atoms. The molecule has 3 rings (SSSR count). The average Bonchev–Trinajstić information content (AvgIpc) is 3.21. The van der Waals surface area contributed by atoms with Crippen LogP contribution in [0.15, 0.2) is 21.5 Å². The molecule has 0 aromatic heterocycles. The standard InChI is InChI=1S/C13H15BrF2N2O2S/c14-11-7-9(15)8-12(16)13(11)21(19,20)18-5-3-17(4-6-18)10-1-2-10/h7-8,10H,1-6H2. The van der Waals surface area contributed by atoms with Gasteiger partial charge >= 0.3 is 0 Å². The second kappa shape index (κ2) is 5.57. The molecule has 1 saturated heterocycles. The third kappa shape index (κ3) is 2.99. The van der Waals surface area contributed by atoms with E-state index in [0.29, 0.717) is 38.3 Å². The van der Waals surface area contributed by atoms with Gasteiger partial charge in [0.2, 0.25) is 10.0 Å². The fraction of sp³-hybridized carbons (Fsp3) is 0.538. The summed E-state index contributed by atoms with van der Waals surface area (Å²) in [7, 11) is -3.95. The van der Waals surface area contributed by atoms with E-state index in [9.17, 15) is 17.2 Å². The van der Waals surface area contributed by atoms with Crippen molar-refractivity contribution in [2.24, 2.45) is 0 Å². The van der Waals surface area contributed by atoms with Crippen molar-refractivity contribution in [3.63, 3.8) is 0 Å². The quantitative estimate of drug-likeness (QED) is 0.806. The van der Waals surface area contributed by atoms with E-state index < -0.39 is 26.6 Å². The zero-order valence-corrected chi connectivity index (χ0v) is 13.6. The Bertz CT molecular complexity index is 633. The van der Waals surface area contributed by atoms with Gasteiger partial charge in [-0.2, -0.15) is 4.31 Å². The van der Waals surface area contributed by atoms with E-state index in [1.807, 2.05) is 0 Å². The van der Waals surface area contributed by atoms with Gasteiger partial charge in [0.05, 0.1) is 0 Å². The predicted octanol–water partition coefficient (Wildman–Crippen LogP) is 2.20. The topological polar surface area (TPSA) is 40.6 Å². The highest BCUT2D eigenvalue weighted by atomic mass is 79.9. The summed E-state index contributed by atoms with van der Waals surface area (Å²) in [5.74, 6) is -1.87. The summed E-state index contributed by atoms with van der Waals surface area (Å²) in [6.07, 6.45) is 2.34. The van der Waals surface area contributed by atoms with Gasteiger partial charge in [0.1, 0.15) is 16.5 Å². The smallest absolute Gasteiger partial charge is 0.247 e. The zero-order valence-electron chi connectivity index (χ0n) is 11.2. The molecule has 2 fully saturated rings. The summed E-state index contributed by atoms with van der Waals surface area (Å²) in [6, 6.07) is 2.15. The van der Waals surface area contributed by atoms with Crippen molar-refractivity contribution in [2.75, 3.05) is 26.2 Å². The number of halogens is 3. The lowest BCUT2D eigenvalue weighted by atomic mass is 10.3. The molecule has 2 aliphatic rings. The molecule has 1 heterocycles. The fourth-order valence-corrected chi connectivity index (χ4v) is 5.19. The Labute approximate surface area is 130 Å². The highest BCUT2D eigenvalue weighted by Crippen LogP contribution is 2.31. The molecule has 1 aliphatic carbocycles. The number of hydrogen-bond donors (Lipinski definition) is 0. The average molecular weight is 381 g/mol. The molecule has 1 saturated carbocycles. The SMILES string of the molecule is O=S(=O)(c1c(F)cc(F)cc1Br)N1CCN(C2CC2)CC1. The maximum atomic E-state index is 13.9. The van der Waals surface area contributed by atoms with E-state index in [1.165, 1.54) is 17.1 Å². The maximum absolute atomic E-state index is 13.9. The normalized spacial score (nSPS) is 21.7. The van der Waals surface area contributed by atoms with E-state index >= 15 is 0 Å². The minimum absolute atomic E-state index is 0.0791. The fourth-order valence-electron chi connectivity index (χ4n) is 2.65. The Morgan fingerprint density at radius 2 is 1.71 bits per heavy atom. The molecule has 0 N–H and O–H groups in total. The summed E-state index contributed by atoms with van der Waals surface area (Å²) >= 11 is 2.95. The van der Waals surface area contributed by atoms with Crippen LogP contribution >= 0.6 is 15.9 Å². The first kappa shape index (κ1) is 15.3. The van der Waals surface area contributed by atoms with Crippen LogP contribution in [0.25, 0.3) is 0 Å². The maximum Gasteiger partial charge on any atom is 0.247 e. The highest BCUT2D eigenvalue weighted by molar-refractivity contribution is 9.10. The molecule has 1 aliphatic heterocycles. The Morgan fingerprint density at radius 1 is 1.10 bits per heavy atom. The second-order valence-corrected chi connectivity index (χ2v) is 8.10. The number of sulfonamides is 1. The van der Waals surface area contributed by atoms with Crippen LogP contribution in [0.4, 0.5) is 8.78 Å². The minimum atomic E-state index is -3.95. The van der Waals surface area contributed by atoms with E-state index in [-0.39, 0.29) is 4.47 Å². The summed E-state index contributed by atoms with van der Waals surface area (Å²) in [5, 5.41) is 0. The molecule has 116 valence electrons. The van der Waals surface area contributed by atoms with Crippen molar-refractivity contribution >= 4 is 26.0 Å². The largest absolute Gasteiger partial charge is 0.298 e. The summed E-state index contributed by atoms with van der Waals surface area (Å²) in [5.41, 5.74) is 0. The number of benzene rings is 1. The van der Waals surface area contributed by atoms with Crippen LogP contribution in [0.2, 0.25) is 0 Å². The van der Waals surface area contributed by atoms with Gasteiger partial charge < -0.3 is 0 Å².